The number of nitrogens with zero attached hydrogens (tertiary/aromatic N) is 1. The monoisotopic (exact) mass is 379 g/mol. The zero-order valence-corrected chi connectivity index (χ0v) is 14.6. The van der Waals surface area contributed by atoms with Crippen LogP contribution in [0.5, 0.6) is 0 Å². The largest absolute Gasteiger partial charge is 0.363 e. The van der Waals surface area contributed by atoms with Crippen molar-refractivity contribution in [2.75, 3.05) is 0 Å². The number of nitrogens with two attached hydrogens (primary N) is 1. The predicted octanol–water partition coefficient (Wildman–Crippen LogP) is 4.73. The normalized spacial score (nSPS) is 10.8. The third kappa shape index (κ3) is 3.56. The first-order valence-electron chi connectivity index (χ1n) is 7.02. The highest BCUT2D eigenvalue weighted by Crippen LogP contribution is 2.32. The number of aromatic nitrogens is 2. The number of rotatable bonds is 4. The van der Waals surface area contributed by atoms with Gasteiger partial charge in [0, 0.05) is 27.7 Å². The summed E-state index contributed by atoms with van der Waals surface area (Å²) in [6.45, 7) is 0. The maximum atomic E-state index is 11.5. The van der Waals surface area contributed by atoms with Crippen LogP contribution in [0.1, 0.15) is 21.9 Å². The molecule has 0 saturated heterocycles. The van der Waals surface area contributed by atoms with Gasteiger partial charge in [-0.1, -0.05) is 46.9 Å². The number of hydrogen-bond donors (Lipinski definition) is 2. The number of nitrogens with one attached hydrogen (secondary N) is 1. The summed E-state index contributed by atoms with van der Waals surface area (Å²) in [7, 11) is 0. The van der Waals surface area contributed by atoms with Crippen molar-refractivity contribution in [1.82, 2.24) is 9.97 Å². The van der Waals surface area contributed by atoms with Gasteiger partial charge in [-0.2, -0.15) is 0 Å². The molecular weight excluding hydrogens is 369 g/mol. The maximum absolute atomic E-state index is 11.5. The van der Waals surface area contributed by atoms with Gasteiger partial charge in [0.05, 0.1) is 10.7 Å². The summed E-state index contributed by atoms with van der Waals surface area (Å²) in [4.78, 5) is 18.8. The molecule has 1 amide bonds. The number of imidazole rings is 1. The molecule has 0 aliphatic heterocycles. The quantitative estimate of drug-likeness (QED) is 0.687. The molecule has 3 N–H and O–H groups in total. The Hall–Kier alpha value is -2.01. The van der Waals surface area contributed by atoms with Crippen molar-refractivity contribution in [2.24, 2.45) is 5.73 Å². The van der Waals surface area contributed by atoms with E-state index in [0.29, 0.717) is 32.7 Å². The molecule has 2 aromatic carbocycles. The van der Waals surface area contributed by atoms with Crippen LogP contribution in [0.25, 0.3) is 11.3 Å². The lowest BCUT2D eigenvalue weighted by Gasteiger charge is -2.06. The molecule has 0 radical (unpaired) electrons. The highest BCUT2D eigenvalue weighted by molar-refractivity contribution is 6.36. The number of amides is 1. The summed E-state index contributed by atoms with van der Waals surface area (Å²) in [6, 6.07) is 12.5. The zero-order chi connectivity index (χ0) is 17.3. The lowest BCUT2D eigenvalue weighted by Crippen LogP contribution is -2.12. The third-order valence-corrected chi connectivity index (χ3v) is 4.29. The Labute approximate surface area is 153 Å². The standard InChI is InChI=1S/C17H12Cl3N3O/c18-10-3-1-9(2-4-10)7-14-15(23-17(22-14)16(21)24)12-6-5-11(19)8-13(12)20/h1-6,8H,7H2,(H2,21,24)(H,22,23). The number of aromatic amines is 1. The van der Waals surface area contributed by atoms with E-state index in [9.17, 15) is 4.79 Å². The molecule has 0 atom stereocenters. The molecule has 1 heterocycles. The molecule has 0 saturated carbocycles. The van der Waals surface area contributed by atoms with E-state index in [-0.39, 0.29) is 5.82 Å². The summed E-state index contributed by atoms with van der Waals surface area (Å²) in [5.41, 5.74) is 8.33. The minimum Gasteiger partial charge on any atom is -0.363 e. The fraction of sp³-hybridized carbons (Fsp3) is 0.0588. The zero-order valence-electron chi connectivity index (χ0n) is 12.3. The van der Waals surface area contributed by atoms with Crippen molar-refractivity contribution in [3.63, 3.8) is 0 Å². The Morgan fingerprint density at radius 3 is 2.33 bits per heavy atom. The Morgan fingerprint density at radius 2 is 1.71 bits per heavy atom. The highest BCUT2D eigenvalue weighted by Gasteiger charge is 2.18. The van der Waals surface area contributed by atoms with Gasteiger partial charge in [-0.3, -0.25) is 4.79 Å². The van der Waals surface area contributed by atoms with Gasteiger partial charge in [-0.05, 0) is 35.9 Å². The minimum absolute atomic E-state index is 0.0833. The first-order chi connectivity index (χ1) is 11.4. The SMILES string of the molecule is NC(=O)c1nc(-c2ccc(Cl)cc2Cl)c(Cc2ccc(Cl)cc2)[nH]1. The van der Waals surface area contributed by atoms with Gasteiger partial charge in [0.1, 0.15) is 0 Å². The molecule has 7 heteroatoms. The fourth-order valence-electron chi connectivity index (χ4n) is 2.36. The summed E-state index contributed by atoms with van der Waals surface area (Å²) in [5, 5.41) is 1.62. The van der Waals surface area contributed by atoms with Crippen LogP contribution >= 0.6 is 34.8 Å². The average Bonchev–Trinajstić information content (AvgIpc) is 2.93. The molecule has 3 aromatic rings. The van der Waals surface area contributed by atoms with E-state index in [1.807, 2.05) is 12.1 Å². The third-order valence-electron chi connectivity index (χ3n) is 3.49. The van der Waals surface area contributed by atoms with E-state index in [2.05, 4.69) is 9.97 Å². The molecule has 0 bridgehead atoms. The molecule has 0 fully saturated rings. The van der Waals surface area contributed by atoms with E-state index in [4.69, 9.17) is 40.5 Å². The molecule has 0 unspecified atom stereocenters. The smallest absolute Gasteiger partial charge is 0.284 e. The molecular formula is C17H12Cl3N3O. The van der Waals surface area contributed by atoms with Crippen molar-refractivity contribution in [3.05, 3.63) is 74.6 Å². The van der Waals surface area contributed by atoms with Gasteiger partial charge in [0.15, 0.2) is 5.82 Å². The van der Waals surface area contributed by atoms with Crippen LogP contribution in [0.15, 0.2) is 42.5 Å². The van der Waals surface area contributed by atoms with Gasteiger partial charge < -0.3 is 10.7 Å². The summed E-state index contributed by atoms with van der Waals surface area (Å²) >= 11 is 18.1. The molecule has 1 aromatic heterocycles. The highest BCUT2D eigenvalue weighted by atomic mass is 35.5. The number of carbonyl (C=O) groups is 1. The van der Waals surface area contributed by atoms with Crippen molar-refractivity contribution in [2.45, 2.75) is 6.42 Å². The van der Waals surface area contributed by atoms with Crippen molar-refractivity contribution >= 4 is 40.7 Å². The Balaban J connectivity index is 2.07. The number of hydrogen-bond acceptors (Lipinski definition) is 2. The Kier molecular flexibility index (Phi) is 4.81. The lowest BCUT2D eigenvalue weighted by atomic mass is 10.0. The van der Waals surface area contributed by atoms with Crippen LogP contribution in [-0.4, -0.2) is 15.9 Å². The lowest BCUT2D eigenvalue weighted by molar-refractivity contribution is 0.0991. The van der Waals surface area contributed by atoms with Gasteiger partial charge in [0.25, 0.3) is 5.91 Å². The number of halogens is 3. The van der Waals surface area contributed by atoms with Crippen LogP contribution in [0.2, 0.25) is 15.1 Å². The van der Waals surface area contributed by atoms with Crippen LogP contribution in [0.3, 0.4) is 0 Å². The van der Waals surface area contributed by atoms with Crippen LogP contribution in [0, 0.1) is 0 Å². The first-order valence-corrected chi connectivity index (χ1v) is 8.16. The van der Waals surface area contributed by atoms with Gasteiger partial charge in [0.2, 0.25) is 0 Å². The van der Waals surface area contributed by atoms with E-state index < -0.39 is 5.91 Å². The van der Waals surface area contributed by atoms with E-state index in [0.717, 1.165) is 11.3 Å². The van der Waals surface area contributed by atoms with Gasteiger partial charge in [-0.15, -0.1) is 0 Å². The summed E-state index contributed by atoms with van der Waals surface area (Å²) in [5.74, 6) is -0.552. The van der Waals surface area contributed by atoms with Crippen LogP contribution in [-0.2, 0) is 6.42 Å². The molecule has 0 aliphatic carbocycles. The fourth-order valence-corrected chi connectivity index (χ4v) is 2.99. The molecule has 4 nitrogen and oxygen atoms in total. The van der Waals surface area contributed by atoms with E-state index in [1.54, 1.807) is 30.3 Å². The second-order valence-electron chi connectivity index (χ2n) is 5.20. The number of benzene rings is 2. The van der Waals surface area contributed by atoms with Crippen LogP contribution in [0.4, 0.5) is 0 Å². The second kappa shape index (κ2) is 6.85. The molecule has 0 aliphatic rings. The predicted molar refractivity (Wildman–Crippen MR) is 96.8 cm³/mol. The Bertz CT molecular complexity index is 904. The number of primary amides is 1. The molecule has 3 rings (SSSR count). The van der Waals surface area contributed by atoms with Gasteiger partial charge >= 0.3 is 0 Å². The van der Waals surface area contributed by atoms with E-state index >= 15 is 0 Å². The minimum atomic E-state index is -0.635. The molecule has 0 spiro atoms. The van der Waals surface area contributed by atoms with Crippen LogP contribution < -0.4 is 5.73 Å². The number of H-pyrrole nitrogens is 1. The summed E-state index contributed by atoms with van der Waals surface area (Å²) < 4.78 is 0. The maximum Gasteiger partial charge on any atom is 0.284 e. The number of carbonyl (C=O) groups excluding carboxylic acids is 1. The Morgan fingerprint density at radius 1 is 1.04 bits per heavy atom. The summed E-state index contributed by atoms with van der Waals surface area (Å²) in [6.07, 6.45) is 0.520. The van der Waals surface area contributed by atoms with E-state index in [1.165, 1.54) is 0 Å². The second-order valence-corrected chi connectivity index (χ2v) is 6.48. The first kappa shape index (κ1) is 16.8. The average molecular weight is 381 g/mol. The van der Waals surface area contributed by atoms with Gasteiger partial charge in [-0.25, -0.2) is 4.98 Å². The van der Waals surface area contributed by atoms with Crippen molar-refractivity contribution in [3.8, 4) is 11.3 Å². The van der Waals surface area contributed by atoms with Crippen molar-refractivity contribution in [1.29, 1.82) is 0 Å². The molecule has 24 heavy (non-hydrogen) atoms. The molecule has 122 valence electrons. The topological polar surface area (TPSA) is 71.8 Å². The van der Waals surface area contributed by atoms with Crippen molar-refractivity contribution < 1.29 is 4.79 Å².